The SMILES string of the molecule is COc1ccc(C(C)=O)cc1CC(=O)O[C@@H](C)C(=O)Nc1cc(Cl)ccc1OC. The average Bonchev–Trinajstić information content (AvgIpc) is 2.67. The van der Waals surface area contributed by atoms with Crippen LogP contribution in [-0.4, -0.2) is 38.0 Å². The van der Waals surface area contributed by atoms with Gasteiger partial charge >= 0.3 is 5.97 Å². The molecular formula is C21H22ClNO6. The maximum Gasteiger partial charge on any atom is 0.311 e. The van der Waals surface area contributed by atoms with Crippen LogP contribution in [0.1, 0.15) is 29.8 Å². The van der Waals surface area contributed by atoms with Gasteiger partial charge in [0.25, 0.3) is 5.91 Å². The van der Waals surface area contributed by atoms with Crippen molar-refractivity contribution in [2.24, 2.45) is 0 Å². The lowest BCUT2D eigenvalue weighted by atomic mass is 10.0. The maximum atomic E-state index is 12.4. The van der Waals surface area contributed by atoms with E-state index in [9.17, 15) is 14.4 Å². The Bertz CT molecular complexity index is 927. The Labute approximate surface area is 173 Å². The van der Waals surface area contributed by atoms with Crippen LogP contribution in [0.15, 0.2) is 36.4 Å². The number of amides is 1. The highest BCUT2D eigenvalue weighted by Crippen LogP contribution is 2.28. The minimum Gasteiger partial charge on any atom is -0.496 e. The highest BCUT2D eigenvalue weighted by atomic mass is 35.5. The molecule has 0 unspecified atom stereocenters. The lowest BCUT2D eigenvalue weighted by Crippen LogP contribution is -2.30. The van der Waals surface area contributed by atoms with E-state index in [0.29, 0.717) is 33.3 Å². The van der Waals surface area contributed by atoms with Crippen molar-refractivity contribution in [3.63, 3.8) is 0 Å². The number of nitrogens with one attached hydrogen (secondary N) is 1. The standard InChI is InChI=1S/C21H22ClNO6/c1-12(24)14-5-7-18(27-3)15(9-14)10-20(25)29-13(2)21(26)23-17-11-16(22)6-8-19(17)28-4/h5-9,11,13H,10H2,1-4H3,(H,23,26)/t13-/m0/s1. The summed E-state index contributed by atoms with van der Waals surface area (Å²) in [4.78, 5) is 36.3. The molecule has 2 aromatic rings. The molecule has 1 amide bonds. The summed E-state index contributed by atoms with van der Waals surface area (Å²) in [6.45, 7) is 2.88. The molecule has 0 heterocycles. The van der Waals surface area contributed by atoms with Crippen LogP contribution in [-0.2, 0) is 20.7 Å². The number of carbonyl (C=O) groups is 3. The summed E-state index contributed by atoms with van der Waals surface area (Å²) in [5, 5.41) is 3.04. The Balaban J connectivity index is 2.05. The first-order valence-electron chi connectivity index (χ1n) is 8.77. The van der Waals surface area contributed by atoms with Gasteiger partial charge in [-0.2, -0.15) is 0 Å². The Morgan fingerprint density at radius 2 is 1.69 bits per heavy atom. The Kier molecular flexibility index (Phi) is 7.61. The maximum absolute atomic E-state index is 12.4. The number of ketones is 1. The van der Waals surface area contributed by atoms with Gasteiger partial charge in [0.1, 0.15) is 11.5 Å². The molecule has 2 aromatic carbocycles. The zero-order valence-corrected chi connectivity index (χ0v) is 17.3. The minimum absolute atomic E-state index is 0.134. The third kappa shape index (κ3) is 5.96. The van der Waals surface area contributed by atoms with E-state index in [0.717, 1.165) is 0 Å². The predicted molar refractivity (Wildman–Crippen MR) is 109 cm³/mol. The zero-order chi connectivity index (χ0) is 21.6. The lowest BCUT2D eigenvalue weighted by molar-refractivity contribution is -0.152. The Morgan fingerprint density at radius 1 is 1.03 bits per heavy atom. The number of benzene rings is 2. The van der Waals surface area contributed by atoms with Crippen molar-refractivity contribution >= 4 is 34.9 Å². The number of hydrogen-bond acceptors (Lipinski definition) is 6. The van der Waals surface area contributed by atoms with Gasteiger partial charge in [-0.15, -0.1) is 0 Å². The highest BCUT2D eigenvalue weighted by molar-refractivity contribution is 6.31. The largest absolute Gasteiger partial charge is 0.496 e. The van der Waals surface area contributed by atoms with E-state index in [1.807, 2.05) is 0 Å². The molecule has 2 rings (SSSR count). The summed E-state index contributed by atoms with van der Waals surface area (Å²) in [6.07, 6.45) is -1.21. The van der Waals surface area contributed by atoms with Crippen molar-refractivity contribution in [2.75, 3.05) is 19.5 Å². The second kappa shape index (κ2) is 9.93. The number of rotatable bonds is 8. The molecule has 0 saturated heterocycles. The zero-order valence-electron chi connectivity index (χ0n) is 16.6. The molecular weight excluding hydrogens is 398 g/mol. The predicted octanol–water partition coefficient (Wildman–Crippen LogP) is 3.67. The molecule has 0 aliphatic carbocycles. The number of ether oxygens (including phenoxy) is 3. The van der Waals surface area contributed by atoms with E-state index in [1.54, 1.807) is 30.3 Å². The molecule has 0 fully saturated rings. The van der Waals surface area contributed by atoms with Crippen molar-refractivity contribution in [3.8, 4) is 11.5 Å². The molecule has 1 atom stereocenters. The molecule has 8 heteroatoms. The van der Waals surface area contributed by atoms with Gasteiger partial charge in [0, 0.05) is 16.1 Å². The molecule has 0 spiro atoms. The fourth-order valence-electron chi connectivity index (χ4n) is 2.60. The van der Waals surface area contributed by atoms with Crippen LogP contribution < -0.4 is 14.8 Å². The van der Waals surface area contributed by atoms with Gasteiger partial charge in [-0.05, 0) is 50.2 Å². The summed E-state index contributed by atoms with van der Waals surface area (Å²) >= 11 is 5.95. The second-order valence-corrected chi connectivity index (χ2v) is 6.66. The van der Waals surface area contributed by atoms with Crippen LogP contribution in [0.25, 0.3) is 0 Å². The van der Waals surface area contributed by atoms with E-state index >= 15 is 0 Å². The minimum atomic E-state index is -1.06. The second-order valence-electron chi connectivity index (χ2n) is 6.23. The van der Waals surface area contributed by atoms with Gasteiger partial charge in [0.05, 0.1) is 26.3 Å². The number of Topliss-reactive ketones (excluding diaryl/α,β-unsaturated/α-hetero) is 1. The van der Waals surface area contributed by atoms with Crippen molar-refractivity contribution in [1.29, 1.82) is 0 Å². The number of anilines is 1. The van der Waals surface area contributed by atoms with Crippen molar-refractivity contribution in [1.82, 2.24) is 0 Å². The van der Waals surface area contributed by atoms with E-state index in [1.165, 1.54) is 34.1 Å². The molecule has 1 N–H and O–H groups in total. The van der Waals surface area contributed by atoms with E-state index in [4.69, 9.17) is 25.8 Å². The van der Waals surface area contributed by atoms with Gasteiger partial charge in [-0.25, -0.2) is 0 Å². The molecule has 29 heavy (non-hydrogen) atoms. The van der Waals surface area contributed by atoms with Crippen LogP contribution in [0, 0.1) is 0 Å². The topological polar surface area (TPSA) is 90.9 Å². The van der Waals surface area contributed by atoms with E-state index in [-0.39, 0.29) is 12.2 Å². The van der Waals surface area contributed by atoms with Gasteiger partial charge < -0.3 is 19.5 Å². The summed E-state index contributed by atoms with van der Waals surface area (Å²) in [5.74, 6) is -0.432. The monoisotopic (exact) mass is 419 g/mol. The highest BCUT2D eigenvalue weighted by Gasteiger charge is 2.21. The molecule has 0 saturated carbocycles. The molecule has 0 bridgehead atoms. The Morgan fingerprint density at radius 3 is 2.31 bits per heavy atom. The lowest BCUT2D eigenvalue weighted by Gasteiger charge is -2.16. The summed E-state index contributed by atoms with van der Waals surface area (Å²) < 4.78 is 15.6. The van der Waals surface area contributed by atoms with Crippen LogP contribution in [0.4, 0.5) is 5.69 Å². The number of methoxy groups -OCH3 is 2. The fourth-order valence-corrected chi connectivity index (χ4v) is 2.77. The van der Waals surface area contributed by atoms with Crippen molar-refractivity contribution < 1.29 is 28.6 Å². The average molecular weight is 420 g/mol. The van der Waals surface area contributed by atoms with E-state index < -0.39 is 18.0 Å². The molecule has 154 valence electrons. The number of esters is 1. The Hall–Kier alpha value is -3.06. The smallest absolute Gasteiger partial charge is 0.311 e. The fraction of sp³-hybridized carbons (Fsp3) is 0.286. The third-order valence-electron chi connectivity index (χ3n) is 4.12. The first-order valence-corrected chi connectivity index (χ1v) is 9.14. The number of halogens is 1. The van der Waals surface area contributed by atoms with Crippen LogP contribution >= 0.6 is 11.6 Å². The van der Waals surface area contributed by atoms with Gasteiger partial charge in [0.2, 0.25) is 0 Å². The van der Waals surface area contributed by atoms with Gasteiger partial charge in [-0.1, -0.05) is 11.6 Å². The normalized spacial score (nSPS) is 11.3. The quantitative estimate of drug-likeness (QED) is 0.518. The van der Waals surface area contributed by atoms with Crippen LogP contribution in [0.3, 0.4) is 0 Å². The first-order chi connectivity index (χ1) is 13.7. The van der Waals surface area contributed by atoms with Gasteiger partial charge in [-0.3, -0.25) is 14.4 Å². The molecule has 0 aliphatic rings. The number of carbonyl (C=O) groups excluding carboxylic acids is 3. The summed E-state index contributed by atoms with van der Waals surface area (Å²) in [5.41, 5.74) is 1.31. The first kappa shape index (κ1) is 22.2. The molecule has 7 nitrogen and oxygen atoms in total. The summed E-state index contributed by atoms with van der Waals surface area (Å²) in [6, 6.07) is 9.57. The van der Waals surface area contributed by atoms with Crippen molar-refractivity contribution in [3.05, 3.63) is 52.5 Å². The van der Waals surface area contributed by atoms with Crippen LogP contribution in [0.5, 0.6) is 11.5 Å². The van der Waals surface area contributed by atoms with E-state index in [2.05, 4.69) is 5.32 Å². The molecule has 0 aliphatic heterocycles. The van der Waals surface area contributed by atoms with Crippen molar-refractivity contribution in [2.45, 2.75) is 26.4 Å². The number of hydrogen-bond donors (Lipinski definition) is 1. The van der Waals surface area contributed by atoms with Gasteiger partial charge in [0.15, 0.2) is 11.9 Å². The van der Waals surface area contributed by atoms with Crippen LogP contribution in [0.2, 0.25) is 5.02 Å². The summed E-state index contributed by atoms with van der Waals surface area (Å²) in [7, 11) is 2.93. The molecule has 0 aromatic heterocycles. The third-order valence-corrected chi connectivity index (χ3v) is 4.35. The molecule has 0 radical (unpaired) electrons.